The number of ether oxygens (including phenoxy) is 2. The normalized spacial score (nSPS) is 12.4. The summed E-state index contributed by atoms with van der Waals surface area (Å²) in [6, 6.07) is 4.88. The summed E-state index contributed by atoms with van der Waals surface area (Å²) in [5.74, 6) is 0.125. The van der Waals surface area contributed by atoms with E-state index in [4.69, 9.17) is 9.47 Å². The zero-order chi connectivity index (χ0) is 16.6. The Morgan fingerprint density at radius 2 is 2.09 bits per heavy atom. The van der Waals surface area contributed by atoms with Gasteiger partial charge < -0.3 is 14.8 Å². The fourth-order valence-electron chi connectivity index (χ4n) is 1.55. The molecule has 0 spiro atoms. The minimum absolute atomic E-state index is 0.424. The number of esters is 1. The minimum atomic E-state index is -0.740. The van der Waals surface area contributed by atoms with Gasteiger partial charge in [0.2, 0.25) is 0 Å². The van der Waals surface area contributed by atoms with Crippen LogP contribution in [-0.4, -0.2) is 41.6 Å². The summed E-state index contributed by atoms with van der Waals surface area (Å²) < 4.78 is 9.86. The molecule has 1 atom stereocenters. The lowest BCUT2D eigenvalue weighted by atomic mass is 10.2. The van der Waals surface area contributed by atoms with Crippen LogP contribution in [0.3, 0.4) is 0 Å². The van der Waals surface area contributed by atoms with Gasteiger partial charge in [0.15, 0.2) is 0 Å². The molecule has 7 heteroatoms. The number of pyridine rings is 1. The average Bonchev–Trinajstić information content (AvgIpc) is 2.44. The topological polar surface area (TPSA) is 77.5 Å². The van der Waals surface area contributed by atoms with E-state index in [0.29, 0.717) is 12.2 Å². The van der Waals surface area contributed by atoms with Gasteiger partial charge in [-0.1, -0.05) is 6.07 Å². The van der Waals surface area contributed by atoms with Crippen LogP contribution in [0.15, 0.2) is 29.4 Å². The Labute approximate surface area is 135 Å². The van der Waals surface area contributed by atoms with Crippen LogP contribution in [0.5, 0.6) is 0 Å². The average molecular weight is 326 g/mol. The van der Waals surface area contributed by atoms with Crippen LogP contribution in [0.4, 0.5) is 4.79 Å². The maximum atomic E-state index is 11.8. The van der Waals surface area contributed by atoms with Crippen molar-refractivity contribution in [2.45, 2.75) is 43.9 Å². The number of amides is 1. The molecule has 0 aliphatic carbocycles. The SMILES string of the molecule is COC(=O)C(CCSc1ccccn1)NC(=O)OC(C)(C)C. The largest absolute Gasteiger partial charge is 0.467 e. The number of carbonyl (C=O) groups is 2. The van der Waals surface area contributed by atoms with Gasteiger partial charge in [0.25, 0.3) is 0 Å². The van der Waals surface area contributed by atoms with E-state index in [0.717, 1.165) is 5.03 Å². The molecule has 122 valence electrons. The van der Waals surface area contributed by atoms with Crippen molar-refractivity contribution < 1.29 is 19.1 Å². The Kier molecular flexibility index (Phi) is 7.17. The zero-order valence-corrected chi connectivity index (χ0v) is 14.1. The Balaban J connectivity index is 2.50. The highest BCUT2D eigenvalue weighted by molar-refractivity contribution is 7.99. The quantitative estimate of drug-likeness (QED) is 0.639. The summed E-state index contributed by atoms with van der Waals surface area (Å²) in [6.45, 7) is 5.28. The number of aromatic nitrogens is 1. The third kappa shape index (κ3) is 7.31. The van der Waals surface area contributed by atoms with E-state index in [9.17, 15) is 9.59 Å². The van der Waals surface area contributed by atoms with Crippen molar-refractivity contribution in [1.29, 1.82) is 0 Å². The van der Waals surface area contributed by atoms with E-state index in [1.54, 1.807) is 27.0 Å². The van der Waals surface area contributed by atoms with Crippen molar-refractivity contribution in [1.82, 2.24) is 10.3 Å². The molecule has 1 N–H and O–H groups in total. The van der Waals surface area contributed by atoms with Crippen molar-refractivity contribution >= 4 is 23.8 Å². The number of thioether (sulfide) groups is 1. The van der Waals surface area contributed by atoms with Crippen LogP contribution in [0.25, 0.3) is 0 Å². The van der Waals surface area contributed by atoms with Crippen molar-refractivity contribution in [2.75, 3.05) is 12.9 Å². The lowest BCUT2D eigenvalue weighted by Crippen LogP contribution is -2.44. The van der Waals surface area contributed by atoms with Gasteiger partial charge in [-0.15, -0.1) is 11.8 Å². The lowest BCUT2D eigenvalue weighted by Gasteiger charge is -2.22. The first-order valence-corrected chi connectivity index (χ1v) is 7.91. The molecular formula is C15H22N2O4S. The molecule has 1 heterocycles. The van der Waals surface area contributed by atoms with E-state index in [1.165, 1.54) is 18.9 Å². The van der Waals surface area contributed by atoms with Gasteiger partial charge in [0.05, 0.1) is 12.1 Å². The summed E-state index contributed by atoms with van der Waals surface area (Å²) in [5, 5.41) is 3.41. The molecule has 0 fully saturated rings. The van der Waals surface area contributed by atoms with Gasteiger partial charge in [0, 0.05) is 11.9 Å². The third-order valence-corrected chi connectivity index (χ3v) is 3.45. The van der Waals surface area contributed by atoms with Gasteiger partial charge in [-0.05, 0) is 39.3 Å². The van der Waals surface area contributed by atoms with Gasteiger partial charge in [-0.2, -0.15) is 0 Å². The zero-order valence-electron chi connectivity index (χ0n) is 13.3. The van der Waals surface area contributed by atoms with Crippen LogP contribution in [0.1, 0.15) is 27.2 Å². The van der Waals surface area contributed by atoms with Gasteiger partial charge >= 0.3 is 12.1 Å². The van der Waals surface area contributed by atoms with Gasteiger partial charge in [0.1, 0.15) is 11.6 Å². The third-order valence-electron chi connectivity index (χ3n) is 2.47. The molecule has 0 aromatic carbocycles. The molecule has 22 heavy (non-hydrogen) atoms. The molecule has 1 aromatic heterocycles. The monoisotopic (exact) mass is 326 g/mol. The van der Waals surface area contributed by atoms with E-state index in [1.807, 2.05) is 18.2 Å². The smallest absolute Gasteiger partial charge is 0.408 e. The summed E-state index contributed by atoms with van der Waals surface area (Å²) in [5.41, 5.74) is -0.618. The predicted molar refractivity (Wildman–Crippen MR) is 84.8 cm³/mol. The first-order chi connectivity index (χ1) is 10.3. The second-order valence-corrected chi connectivity index (χ2v) is 6.64. The van der Waals surface area contributed by atoms with Crippen LogP contribution < -0.4 is 5.32 Å². The molecule has 0 radical (unpaired) electrons. The van der Waals surface area contributed by atoms with E-state index < -0.39 is 23.7 Å². The number of nitrogens with zero attached hydrogens (tertiary/aromatic N) is 1. The van der Waals surface area contributed by atoms with Crippen LogP contribution >= 0.6 is 11.8 Å². The number of hydrogen-bond acceptors (Lipinski definition) is 6. The second-order valence-electron chi connectivity index (χ2n) is 5.53. The summed E-state index contributed by atoms with van der Waals surface area (Å²) >= 11 is 1.51. The minimum Gasteiger partial charge on any atom is -0.467 e. The molecule has 0 bridgehead atoms. The molecule has 1 amide bonds. The molecule has 6 nitrogen and oxygen atoms in total. The highest BCUT2D eigenvalue weighted by Crippen LogP contribution is 2.16. The first-order valence-electron chi connectivity index (χ1n) is 6.93. The standard InChI is InChI=1S/C15H22N2O4S/c1-15(2,3)21-14(19)17-11(13(18)20-4)8-10-22-12-7-5-6-9-16-12/h5-7,9,11H,8,10H2,1-4H3,(H,17,19). The number of methoxy groups -OCH3 is 1. The molecule has 1 rings (SSSR count). The van der Waals surface area contributed by atoms with E-state index in [-0.39, 0.29) is 0 Å². The highest BCUT2D eigenvalue weighted by Gasteiger charge is 2.24. The van der Waals surface area contributed by atoms with Gasteiger partial charge in [-0.3, -0.25) is 0 Å². The number of nitrogens with one attached hydrogen (secondary N) is 1. The lowest BCUT2D eigenvalue weighted by molar-refractivity contribution is -0.143. The summed E-state index contributed by atoms with van der Waals surface area (Å²) in [7, 11) is 1.29. The predicted octanol–water partition coefficient (Wildman–Crippen LogP) is 2.63. The Morgan fingerprint density at radius 1 is 1.36 bits per heavy atom. The van der Waals surface area contributed by atoms with Crippen LogP contribution in [0.2, 0.25) is 0 Å². The molecule has 0 aliphatic heterocycles. The fraction of sp³-hybridized carbons (Fsp3) is 0.533. The maximum Gasteiger partial charge on any atom is 0.408 e. The first kappa shape index (κ1) is 18.3. The van der Waals surface area contributed by atoms with Gasteiger partial charge in [-0.25, -0.2) is 14.6 Å². The Hall–Kier alpha value is -1.76. The summed E-state index contributed by atoms with van der Waals surface area (Å²) in [4.78, 5) is 27.7. The number of carbonyl (C=O) groups excluding carboxylic acids is 2. The molecule has 0 saturated carbocycles. The summed E-state index contributed by atoms with van der Waals surface area (Å²) in [6.07, 6.45) is 1.50. The highest BCUT2D eigenvalue weighted by atomic mass is 32.2. The Morgan fingerprint density at radius 3 is 2.64 bits per heavy atom. The number of rotatable bonds is 6. The van der Waals surface area contributed by atoms with Crippen molar-refractivity contribution in [3.63, 3.8) is 0 Å². The molecule has 0 saturated heterocycles. The maximum absolute atomic E-state index is 11.8. The molecule has 0 aliphatic rings. The van der Waals surface area contributed by atoms with Crippen LogP contribution in [-0.2, 0) is 14.3 Å². The number of hydrogen-bond donors (Lipinski definition) is 1. The van der Waals surface area contributed by atoms with E-state index >= 15 is 0 Å². The van der Waals surface area contributed by atoms with Crippen molar-refractivity contribution in [2.24, 2.45) is 0 Å². The molecule has 1 unspecified atom stereocenters. The molecule has 1 aromatic rings. The second kappa shape index (κ2) is 8.63. The fourth-order valence-corrected chi connectivity index (χ4v) is 2.43. The Bertz CT molecular complexity index is 488. The van der Waals surface area contributed by atoms with E-state index in [2.05, 4.69) is 10.3 Å². The number of alkyl carbamates (subject to hydrolysis) is 1. The van der Waals surface area contributed by atoms with Crippen molar-refractivity contribution in [3.8, 4) is 0 Å². The molecular weight excluding hydrogens is 304 g/mol. The van der Waals surface area contributed by atoms with Crippen molar-refractivity contribution in [3.05, 3.63) is 24.4 Å². The van der Waals surface area contributed by atoms with Crippen LogP contribution in [0, 0.1) is 0 Å².